The second kappa shape index (κ2) is 9.34. The molecule has 0 amide bonds. The molecule has 0 aliphatic heterocycles. The maximum Gasteiger partial charge on any atom is 0.0658 e. The van der Waals surface area contributed by atoms with Crippen LogP contribution in [0.25, 0.3) is 0 Å². The monoisotopic (exact) mass is 227 g/mol. The van der Waals surface area contributed by atoms with Gasteiger partial charge in [0.25, 0.3) is 0 Å². The van der Waals surface area contributed by atoms with E-state index >= 15 is 0 Å². The van der Waals surface area contributed by atoms with Crippen molar-refractivity contribution in [1.82, 2.24) is 0 Å². The molecule has 17 heavy (non-hydrogen) atoms. The van der Waals surface area contributed by atoms with Crippen LogP contribution in [0.3, 0.4) is 0 Å². The van der Waals surface area contributed by atoms with E-state index in [0.29, 0.717) is 0 Å². The van der Waals surface area contributed by atoms with E-state index in [9.17, 15) is 0 Å². The summed E-state index contributed by atoms with van der Waals surface area (Å²) >= 11 is 0. The number of hydrogen-bond donors (Lipinski definition) is 0. The highest BCUT2D eigenvalue weighted by Crippen LogP contribution is 2.14. The summed E-state index contributed by atoms with van der Waals surface area (Å²) in [5, 5.41) is 0. The van der Waals surface area contributed by atoms with E-state index in [1.165, 1.54) is 0 Å². The van der Waals surface area contributed by atoms with Gasteiger partial charge in [-0.15, -0.1) is 0 Å². The average Bonchev–Trinajstić information content (AvgIpc) is 2.35. The Morgan fingerprint density at radius 2 is 1.82 bits per heavy atom. The molecule has 0 fully saturated rings. The topological polar surface area (TPSA) is 12.4 Å². The second-order valence-corrected chi connectivity index (χ2v) is 3.43. The lowest BCUT2D eigenvalue weighted by molar-refractivity contribution is 1.20. The smallest absolute Gasteiger partial charge is 0.0658 e. The predicted octanol–water partition coefficient (Wildman–Crippen LogP) is 4.78. The number of nitrogens with zero attached hydrogens (tertiary/aromatic N) is 1. The van der Waals surface area contributed by atoms with Gasteiger partial charge in [0.2, 0.25) is 0 Å². The van der Waals surface area contributed by atoms with Crippen LogP contribution in [0, 0.1) is 0 Å². The number of allylic oxidation sites excluding steroid dienone is 8. The molecule has 0 saturated heterocycles. The summed E-state index contributed by atoms with van der Waals surface area (Å²) < 4.78 is 0. The fraction of sp³-hybridized carbons (Fsp3) is 0.188. The van der Waals surface area contributed by atoms with Crippen molar-refractivity contribution >= 4 is 6.21 Å². The molecule has 1 heteroatoms. The van der Waals surface area contributed by atoms with Gasteiger partial charge < -0.3 is 0 Å². The Kier molecular flexibility index (Phi) is 8.31. The Morgan fingerprint density at radius 1 is 1.12 bits per heavy atom. The first-order valence-corrected chi connectivity index (χ1v) is 5.64. The Hall–Kier alpha value is -1.89. The van der Waals surface area contributed by atoms with Gasteiger partial charge in [0.15, 0.2) is 0 Å². The first-order chi connectivity index (χ1) is 8.19. The molecule has 0 spiro atoms. The van der Waals surface area contributed by atoms with Crippen LogP contribution >= 0.6 is 0 Å². The molecule has 0 aliphatic carbocycles. The third kappa shape index (κ3) is 6.31. The molecule has 0 aromatic heterocycles. The van der Waals surface area contributed by atoms with E-state index in [2.05, 4.69) is 30.8 Å². The zero-order valence-electron chi connectivity index (χ0n) is 10.8. The van der Waals surface area contributed by atoms with Crippen LogP contribution in [-0.2, 0) is 0 Å². The average molecular weight is 227 g/mol. The van der Waals surface area contributed by atoms with Crippen molar-refractivity contribution < 1.29 is 0 Å². The van der Waals surface area contributed by atoms with Gasteiger partial charge in [0, 0.05) is 6.21 Å². The molecule has 0 atom stereocenters. The van der Waals surface area contributed by atoms with Crippen LogP contribution in [-0.4, -0.2) is 6.21 Å². The van der Waals surface area contributed by atoms with Gasteiger partial charge in [-0.1, -0.05) is 50.1 Å². The largest absolute Gasteiger partial charge is 0.256 e. The SMILES string of the molecule is C=CC(=C)C=N/C(C=C)=C(/C=C\C)C/C=C\C. The Bertz CT molecular complexity index is 390. The first-order valence-electron chi connectivity index (χ1n) is 5.64. The molecule has 0 saturated carbocycles. The van der Waals surface area contributed by atoms with Crippen LogP contribution in [0.5, 0.6) is 0 Å². The molecular weight excluding hydrogens is 206 g/mol. The van der Waals surface area contributed by atoms with Gasteiger partial charge in [-0.2, -0.15) is 0 Å². The minimum absolute atomic E-state index is 0.787. The maximum absolute atomic E-state index is 4.37. The first kappa shape index (κ1) is 15.1. The molecule has 0 N–H and O–H groups in total. The molecule has 0 unspecified atom stereocenters. The maximum atomic E-state index is 4.37. The van der Waals surface area contributed by atoms with Crippen molar-refractivity contribution in [2.24, 2.45) is 4.99 Å². The Balaban J connectivity index is 5.19. The van der Waals surface area contributed by atoms with E-state index < -0.39 is 0 Å². The van der Waals surface area contributed by atoms with Crippen LogP contribution < -0.4 is 0 Å². The molecule has 0 aliphatic rings. The van der Waals surface area contributed by atoms with E-state index in [4.69, 9.17) is 0 Å². The molecule has 0 radical (unpaired) electrons. The molecule has 90 valence electrons. The van der Waals surface area contributed by atoms with Gasteiger partial charge in [-0.05, 0) is 37.5 Å². The van der Waals surface area contributed by atoms with Crippen molar-refractivity contribution in [3.8, 4) is 0 Å². The molecular formula is C16H21N. The molecule has 1 nitrogen and oxygen atoms in total. The highest BCUT2D eigenvalue weighted by molar-refractivity contribution is 5.82. The highest BCUT2D eigenvalue weighted by Gasteiger charge is 1.97. The second-order valence-electron chi connectivity index (χ2n) is 3.43. The van der Waals surface area contributed by atoms with Gasteiger partial charge in [-0.25, -0.2) is 0 Å². The van der Waals surface area contributed by atoms with Crippen molar-refractivity contribution in [1.29, 1.82) is 0 Å². The highest BCUT2D eigenvalue weighted by atomic mass is 14.7. The summed E-state index contributed by atoms with van der Waals surface area (Å²) in [7, 11) is 0. The van der Waals surface area contributed by atoms with Crippen molar-refractivity contribution in [3.05, 3.63) is 73.0 Å². The van der Waals surface area contributed by atoms with Gasteiger partial charge in [-0.3, -0.25) is 4.99 Å². The van der Waals surface area contributed by atoms with Gasteiger partial charge >= 0.3 is 0 Å². The zero-order chi connectivity index (χ0) is 13.1. The van der Waals surface area contributed by atoms with E-state index in [-0.39, 0.29) is 0 Å². The van der Waals surface area contributed by atoms with Crippen molar-refractivity contribution in [2.75, 3.05) is 0 Å². The van der Waals surface area contributed by atoms with Crippen LogP contribution in [0.2, 0.25) is 0 Å². The Labute approximate surface area is 105 Å². The minimum atomic E-state index is 0.787. The predicted molar refractivity (Wildman–Crippen MR) is 79.3 cm³/mol. The molecule has 0 aromatic rings. The number of aliphatic imine (C=N–C) groups is 1. The van der Waals surface area contributed by atoms with E-state index in [1.54, 1.807) is 18.4 Å². The summed E-state index contributed by atoms with van der Waals surface area (Å²) in [6.07, 6.45) is 14.1. The summed E-state index contributed by atoms with van der Waals surface area (Å²) in [5.74, 6) is 0. The van der Waals surface area contributed by atoms with Gasteiger partial charge in [0.1, 0.15) is 0 Å². The summed E-state index contributed by atoms with van der Waals surface area (Å²) in [6, 6.07) is 0. The van der Waals surface area contributed by atoms with Gasteiger partial charge in [0.05, 0.1) is 5.70 Å². The summed E-state index contributed by atoms with van der Waals surface area (Å²) in [5.41, 5.74) is 2.79. The standard InChI is InChI=1S/C16H21N/c1-6-10-12-15(11-7-2)16(9-4)17-13-14(5)8-3/h6-11,13H,3-5,12H2,1-2H3/b10-6-,11-7-,16-15-,17-13?. The molecule has 0 bridgehead atoms. The summed E-state index contributed by atoms with van der Waals surface area (Å²) in [6.45, 7) is 15.2. The zero-order valence-corrected chi connectivity index (χ0v) is 10.8. The minimum Gasteiger partial charge on any atom is -0.256 e. The number of rotatable bonds is 7. The third-order valence-corrected chi connectivity index (χ3v) is 2.10. The lowest BCUT2D eigenvalue weighted by atomic mass is 10.1. The van der Waals surface area contributed by atoms with E-state index in [0.717, 1.165) is 23.3 Å². The summed E-state index contributed by atoms with van der Waals surface area (Å²) in [4.78, 5) is 4.37. The third-order valence-electron chi connectivity index (χ3n) is 2.10. The molecule has 0 rings (SSSR count). The fourth-order valence-electron chi connectivity index (χ4n) is 1.18. The lowest BCUT2D eigenvalue weighted by Crippen LogP contribution is -1.85. The lowest BCUT2D eigenvalue weighted by Gasteiger charge is -2.02. The molecule has 0 heterocycles. The van der Waals surface area contributed by atoms with Crippen LogP contribution in [0.1, 0.15) is 20.3 Å². The normalized spacial score (nSPS) is 13.3. The number of hydrogen-bond acceptors (Lipinski definition) is 1. The molecule has 0 aromatic carbocycles. The van der Waals surface area contributed by atoms with Crippen molar-refractivity contribution in [2.45, 2.75) is 20.3 Å². The quantitative estimate of drug-likeness (QED) is 0.337. The Morgan fingerprint density at radius 3 is 2.29 bits per heavy atom. The van der Waals surface area contributed by atoms with Crippen molar-refractivity contribution in [3.63, 3.8) is 0 Å². The van der Waals surface area contributed by atoms with Crippen LogP contribution in [0.4, 0.5) is 0 Å². The van der Waals surface area contributed by atoms with E-state index in [1.807, 2.05) is 32.1 Å². The van der Waals surface area contributed by atoms with Crippen LogP contribution in [0.15, 0.2) is 78.0 Å². The fourth-order valence-corrected chi connectivity index (χ4v) is 1.18.